The number of hydrogen-bond acceptors (Lipinski definition) is 4. The van der Waals surface area contributed by atoms with Gasteiger partial charge in [-0.1, -0.05) is 29.8 Å². The fourth-order valence-electron chi connectivity index (χ4n) is 2.29. The molecular weight excluding hydrogens is 356 g/mol. The second-order valence-corrected chi connectivity index (χ2v) is 5.99. The highest BCUT2D eigenvalue weighted by atomic mass is 35.5. The standard InChI is InChI=1S/C19H19ClN2O4/c1-13(23)22(11-15-5-3-4-6-17(15)20)12-18(24)21-16-9-7-14(8-10-16)19(25)26-2/h3-10H,11-12H2,1-2H3,(H,21,24). The zero-order valence-corrected chi connectivity index (χ0v) is 15.2. The molecule has 0 bridgehead atoms. The maximum absolute atomic E-state index is 12.2. The monoisotopic (exact) mass is 374 g/mol. The summed E-state index contributed by atoms with van der Waals surface area (Å²) in [6.07, 6.45) is 0. The fraction of sp³-hybridized carbons (Fsp3) is 0.211. The summed E-state index contributed by atoms with van der Waals surface area (Å²) in [4.78, 5) is 36.9. The van der Waals surface area contributed by atoms with E-state index in [9.17, 15) is 14.4 Å². The van der Waals surface area contributed by atoms with E-state index in [1.165, 1.54) is 18.9 Å². The molecule has 26 heavy (non-hydrogen) atoms. The lowest BCUT2D eigenvalue weighted by molar-refractivity contribution is -0.133. The summed E-state index contributed by atoms with van der Waals surface area (Å²) in [6.45, 7) is 1.53. The van der Waals surface area contributed by atoms with E-state index in [0.29, 0.717) is 16.3 Å². The van der Waals surface area contributed by atoms with E-state index < -0.39 is 5.97 Å². The molecule has 2 aromatic rings. The van der Waals surface area contributed by atoms with Crippen molar-refractivity contribution in [2.75, 3.05) is 19.0 Å². The highest BCUT2D eigenvalue weighted by Crippen LogP contribution is 2.17. The Bertz CT molecular complexity index is 805. The number of esters is 1. The number of amides is 2. The minimum Gasteiger partial charge on any atom is -0.465 e. The lowest BCUT2D eigenvalue weighted by Gasteiger charge is -2.21. The molecule has 2 aromatic carbocycles. The molecule has 1 N–H and O–H groups in total. The van der Waals surface area contributed by atoms with Gasteiger partial charge in [0.2, 0.25) is 11.8 Å². The summed E-state index contributed by atoms with van der Waals surface area (Å²) in [7, 11) is 1.30. The van der Waals surface area contributed by atoms with Crippen LogP contribution in [0, 0.1) is 0 Å². The number of nitrogens with zero attached hydrogens (tertiary/aromatic N) is 1. The highest BCUT2D eigenvalue weighted by Gasteiger charge is 2.16. The summed E-state index contributed by atoms with van der Waals surface area (Å²) in [5.41, 5.74) is 1.66. The molecular formula is C19H19ClN2O4. The van der Waals surface area contributed by atoms with Gasteiger partial charge in [-0.05, 0) is 35.9 Å². The van der Waals surface area contributed by atoms with Crippen LogP contribution in [0.1, 0.15) is 22.8 Å². The smallest absolute Gasteiger partial charge is 0.337 e. The molecule has 0 radical (unpaired) electrons. The van der Waals surface area contributed by atoms with Crippen LogP contribution in [0.5, 0.6) is 0 Å². The van der Waals surface area contributed by atoms with Crippen molar-refractivity contribution in [3.8, 4) is 0 Å². The zero-order chi connectivity index (χ0) is 19.1. The van der Waals surface area contributed by atoms with Gasteiger partial charge in [-0.3, -0.25) is 9.59 Å². The van der Waals surface area contributed by atoms with Gasteiger partial charge < -0.3 is 15.0 Å². The molecule has 0 unspecified atom stereocenters. The maximum Gasteiger partial charge on any atom is 0.337 e. The third kappa shape index (κ3) is 5.32. The van der Waals surface area contributed by atoms with Crippen LogP contribution in [0.3, 0.4) is 0 Å². The van der Waals surface area contributed by atoms with Gasteiger partial charge in [0.15, 0.2) is 0 Å². The molecule has 136 valence electrons. The van der Waals surface area contributed by atoms with Crippen LogP contribution in [0.15, 0.2) is 48.5 Å². The molecule has 0 aliphatic heterocycles. The number of anilines is 1. The first-order valence-electron chi connectivity index (χ1n) is 7.88. The average molecular weight is 375 g/mol. The third-order valence-corrected chi connectivity index (χ3v) is 4.06. The minimum absolute atomic E-state index is 0.112. The first-order valence-corrected chi connectivity index (χ1v) is 8.25. The van der Waals surface area contributed by atoms with E-state index in [1.807, 2.05) is 12.1 Å². The largest absolute Gasteiger partial charge is 0.465 e. The van der Waals surface area contributed by atoms with Gasteiger partial charge in [0, 0.05) is 24.2 Å². The highest BCUT2D eigenvalue weighted by molar-refractivity contribution is 6.31. The van der Waals surface area contributed by atoms with Crippen molar-refractivity contribution >= 4 is 35.1 Å². The Hall–Kier alpha value is -2.86. The third-order valence-electron chi connectivity index (χ3n) is 3.69. The summed E-state index contributed by atoms with van der Waals surface area (Å²) >= 11 is 6.12. The van der Waals surface area contributed by atoms with E-state index in [0.717, 1.165) is 5.56 Å². The van der Waals surface area contributed by atoms with Gasteiger partial charge >= 0.3 is 5.97 Å². The molecule has 0 atom stereocenters. The summed E-state index contributed by atoms with van der Waals surface area (Å²) in [5, 5.41) is 3.23. The summed E-state index contributed by atoms with van der Waals surface area (Å²) in [5.74, 6) is -1.04. The Morgan fingerprint density at radius 3 is 2.31 bits per heavy atom. The molecule has 0 saturated heterocycles. The number of carbonyl (C=O) groups is 3. The quantitative estimate of drug-likeness (QED) is 0.788. The second-order valence-electron chi connectivity index (χ2n) is 5.58. The van der Waals surface area contributed by atoms with Gasteiger partial charge in [-0.2, -0.15) is 0 Å². The van der Waals surface area contributed by atoms with Crippen LogP contribution in [-0.4, -0.2) is 36.3 Å². The van der Waals surface area contributed by atoms with Crippen LogP contribution in [0.4, 0.5) is 5.69 Å². The van der Waals surface area contributed by atoms with Crippen molar-refractivity contribution in [2.24, 2.45) is 0 Å². The van der Waals surface area contributed by atoms with Crippen molar-refractivity contribution in [3.63, 3.8) is 0 Å². The molecule has 0 spiro atoms. The molecule has 0 aliphatic carbocycles. The Morgan fingerprint density at radius 1 is 1.08 bits per heavy atom. The molecule has 6 nitrogen and oxygen atoms in total. The lowest BCUT2D eigenvalue weighted by Crippen LogP contribution is -2.36. The van der Waals surface area contributed by atoms with Gasteiger partial charge in [-0.25, -0.2) is 4.79 Å². The molecule has 7 heteroatoms. The van der Waals surface area contributed by atoms with E-state index in [-0.39, 0.29) is 24.9 Å². The number of ether oxygens (including phenoxy) is 1. The topological polar surface area (TPSA) is 75.7 Å². The molecule has 0 saturated carbocycles. The van der Waals surface area contributed by atoms with Crippen LogP contribution >= 0.6 is 11.6 Å². The van der Waals surface area contributed by atoms with Gasteiger partial charge in [0.05, 0.1) is 12.7 Å². The molecule has 2 rings (SSSR count). The molecule has 0 aromatic heterocycles. The zero-order valence-electron chi connectivity index (χ0n) is 14.5. The van der Waals surface area contributed by atoms with Crippen molar-refractivity contribution in [1.82, 2.24) is 4.90 Å². The Balaban J connectivity index is 2.00. The number of rotatable bonds is 6. The number of methoxy groups -OCH3 is 1. The van der Waals surface area contributed by atoms with Crippen molar-refractivity contribution in [1.29, 1.82) is 0 Å². The molecule has 0 fully saturated rings. The number of carbonyl (C=O) groups excluding carboxylic acids is 3. The van der Waals surface area contributed by atoms with E-state index in [1.54, 1.807) is 36.4 Å². The Kier molecular flexibility index (Phi) is 6.74. The summed E-state index contributed by atoms with van der Waals surface area (Å²) in [6, 6.07) is 13.4. The normalized spacial score (nSPS) is 10.1. The lowest BCUT2D eigenvalue weighted by atomic mass is 10.2. The first kappa shape index (κ1) is 19.5. The summed E-state index contributed by atoms with van der Waals surface area (Å²) < 4.78 is 4.62. The SMILES string of the molecule is COC(=O)c1ccc(NC(=O)CN(Cc2ccccc2Cl)C(C)=O)cc1. The molecule has 2 amide bonds. The average Bonchev–Trinajstić information content (AvgIpc) is 2.62. The number of nitrogens with one attached hydrogen (secondary N) is 1. The van der Waals surface area contributed by atoms with Gasteiger partial charge in [0.1, 0.15) is 6.54 Å². The second kappa shape index (κ2) is 9.01. The van der Waals surface area contributed by atoms with E-state index in [2.05, 4.69) is 10.1 Å². The molecule has 0 heterocycles. The number of benzene rings is 2. The minimum atomic E-state index is -0.453. The number of halogens is 1. The Labute approximate surface area is 156 Å². The van der Waals surface area contributed by atoms with Gasteiger partial charge in [-0.15, -0.1) is 0 Å². The van der Waals surface area contributed by atoms with Crippen LogP contribution in [0.2, 0.25) is 5.02 Å². The van der Waals surface area contributed by atoms with E-state index >= 15 is 0 Å². The van der Waals surface area contributed by atoms with Crippen LogP contribution < -0.4 is 5.32 Å². The van der Waals surface area contributed by atoms with Crippen molar-refractivity contribution in [2.45, 2.75) is 13.5 Å². The molecule has 0 aliphatic rings. The Morgan fingerprint density at radius 2 is 1.73 bits per heavy atom. The predicted octanol–water partition coefficient (Wildman–Crippen LogP) is 3.11. The predicted molar refractivity (Wildman–Crippen MR) is 99.0 cm³/mol. The van der Waals surface area contributed by atoms with Crippen LogP contribution in [0.25, 0.3) is 0 Å². The first-order chi connectivity index (χ1) is 12.4. The van der Waals surface area contributed by atoms with Crippen LogP contribution in [-0.2, 0) is 20.9 Å². The number of hydrogen-bond donors (Lipinski definition) is 1. The van der Waals surface area contributed by atoms with E-state index in [4.69, 9.17) is 11.6 Å². The van der Waals surface area contributed by atoms with Crippen molar-refractivity contribution < 1.29 is 19.1 Å². The maximum atomic E-state index is 12.2. The fourth-order valence-corrected chi connectivity index (χ4v) is 2.49. The van der Waals surface area contributed by atoms with Crippen molar-refractivity contribution in [3.05, 3.63) is 64.7 Å². The van der Waals surface area contributed by atoms with Gasteiger partial charge in [0.25, 0.3) is 0 Å².